The minimum absolute atomic E-state index is 0.205. The molecule has 104 valence electrons. The summed E-state index contributed by atoms with van der Waals surface area (Å²) in [6, 6.07) is 2.55. The van der Waals surface area contributed by atoms with Gasteiger partial charge in [0.15, 0.2) is 0 Å². The van der Waals surface area contributed by atoms with E-state index in [0.29, 0.717) is 19.0 Å². The van der Waals surface area contributed by atoms with Crippen molar-refractivity contribution >= 4 is 0 Å². The molecule has 0 amide bonds. The van der Waals surface area contributed by atoms with Gasteiger partial charge in [-0.1, -0.05) is 0 Å². The van der Waals surface area contributed by atoms with E-state index < -0.39 is 17.6 Å². The lowest BCUT2D eigenvalue weighted by Gasteiger charge is -2.10. The van der Waals surface area contributed by atoms with E-state index in [4.69, 9.17) is 6.42 Å². The van der Waals surface area contributed by atoms with Crippen molar-refractivity contribution in [2.75, 3.05) is 6.54 Å². The van der Waals surface area contributed by atoms with E-state index in [1.807, 2.05) is 0 Å². The van der Waals surface area contributed by atoms with Crippen LogP contribution >= 0.6 is 0 Å². The monoisotopic (exact) mass is 273 g/mol. The first-order valence-corrected chi connectivity index (χ1v) is 5.94. The summed E-state index contributed by atoms with van der Waals surface area (Å²) < 4.78 is 50.5. The normalized spacial score (nSPS) is 11.3. The largest absolute Gasteiger partial charge is 0.416 e. The minimum Gasteiger partial charge on any atom is -0.313 e. The Kier molecular flexibility index (Phi) is 5.84. The maximum atomic E-state index is 13.1. The van der Waals surface area contributed by atoms with Crippen LogP contribution < -0.4 is 5.32 Å². The topological polar surface area (TPSA) is 12.0 Å². The molecule has 0 unspecified atom stereocenters. The van der Waals surface area contributed by atoms with Gasteiger partial charge in [-0.3, -0.25) is 0 Å². The van der Waals surface area contributed by atoms with Crippen molar-refractivity contribution in [3.05, 3.63) is 35.1 Å². The van der Waals surface area contributed by atoms with Crippen LogP contribution in [-0.2, 0) is 12.7 Å². The molecule has 0 spiro atoms. The van der Waals surface area contributed by atoms with E-state index in [2.05, 4.69) is 11.2 Å². The van der Waals surface area contributed by atoms with Crippen molar-refractivity contribution in [1.82, 2.24) is 5.32 Å². The maximum Gasteiger partial charge on any atom is 0.416 e. The molecule has 0 aromatic heterocycles. The first-order chi connectivity index (χ1) is 8.93. The zero-order valence-electron chi connectivity index (χ0n) is 10.4. The van der Waals surface area contributed by atoms with Gasteiger partial charge in [0.2, 0.25) is 0 Å². The molecule has 0 bridgehead atoms. The first-order valence-electron chi connectivity index (χ1n) is 5.94. The van der Waals surface area contributed by atoms with Gasteiger partial charge < -0.3 is 5.32 Å². The number of halogens is 4. The third-order valence-corrected chi connectivity index (χ3v) is 2.54. The highest BCUT2D eigenvalue weighted by Gasteiger charge is 2.31. The van der Waals surface area contributed by atoms with Crippen LogP contribution in [0.25, 0.3) is 0 Å². The molecule has 0 atom stereocenters. The molecule has 0 aliphatic carbocycles. The Bertz CT molecular complexity index is 446. The first kappa shape index (κ1) is 15.5. The molecule has 19 heavy (non-hydrogen) atoms. The lowest BCUT2D eigenvalue weighted by molar-refractivity contribution is -0.137. The molecule has 1 aromatic carbocycles. The average molecular weight is 273 g/mol. The molecule has 5 heteroatoms. The van der Waals surface area contributed by atoms with Gasteiger partial charge in [0.05, 0.1) is 5.56 Å². The Morgan fingerprint density at radius 1 is 1.16 bits per heavy atom. The Hall–Kier alpha value is -1.54. The molecule has 0 heterocycles. The Balaban J connectivity index is 2.50. The molecule has 1 N–H and O–H groups in total. The van der Waals surface area contributed by atoms with Gasteiger partial charge >= 0.3 is 6.18 Å². The molecule has 0 aliphatic heterocycles. The van der Waals surface area contributed by atoms with Crippen LogP contribution in [0.3, 0.4) is 0 Å². The molecule has 0 radical (unpaired) electrons. The quantitative estimate of drug-likeness (QED) is 0.473. The van der Waals surface area contributed by atoms with Crippen LogP contribution in [0, 0.1) is 18.2 Å². The molecular weight excluding hydrogens is 258 g/mol. The summed E-state index contributed by atoms with van der Waals surface area (Å²) in [5.41, 5.74) is -0.680. The van der Waals surface area contributed by atoms with Gasteiger partial charge in [-0.05, 0) is 43.1 Å². The predicted molar refractivity (Wildman–Crippen MR) is 65.8 cm³/mol. The maximum absolute atomic E-state index is 13.1. The number of hydrogen-bond donors (Lipinski definition) is 1. The summed E-state index contributed by atoms with van der Waals surface area (Å²) in [5.74, 6) is 1.63. The van der Waals surface area contributed by atoms with Gasteiger partial charge in [0.1, 0.15) is 5.82 Å². The van der Waals surface area contributed by atoms with Crippen molar-refractivity contribution < 1.29 is 17.6 Å². The Labute approximate surface area is 110 Å². The molecule has 1 rings (SSSR count). The second-order valence-corrected chi connectivity index (χ2v) is 4.18. The molecular formula is C14H15F4N. The smallest absolute Gasteiger partial charge is 0.313 e. The summed E-state index contributed by atoms with van der Waals surface area (Å²) in [6.07, 6.45) is 2.95. The molecule has 0 saturated heterocycles. The highest BCUT2D eigenvalue weighted by atomic mass is 19.4. The number of nitrogens with one attached hydrogen (secondary N) is 1. The van der Waals surface area contributed by atoms with E-state index in [1.165, 1.54) is 0 Å². The van der Waals surface area contributed by atoms with Crippen LogP contribution in [0.5, 0.6) is 0 Å². The summed E-state index contributed by atoms with van der Waals surface area (Å²) in [4.78, 5) is 0. The van der Waals surface area contributed by atoms with Gasteiger partial charge in [-0.15, -0.1) is 12.3 Å². The zero-order chi connectivity index (χ0) is 14.3. The summed E-state index contributed by atoms with van der Waals surface area (Å²) >= 11 is 0. The minimum atomic E-state index is -4.52. The number of terminal acetylenes is 1. The van der Waals surface area contributed by atoms with E-state index in [0.717, 1.165) is 25.0 Å². The second-order valence-electron chi connectivity index (χ2n) is 4.18. The van der Waals surface area contributed by atoms with Crippen LogP contribution in [0.15, 0.2) is 18.2 Å². The predicted octanol–water partition coefficient (Wildman–Crippen LogP) is 3.74. The van der Waals surface area contributed by atoms with Gasteiger partial charge in [0, 0.05) is 13.0 Å². The lowest BCUT2D eigenvalue weighted by Crippen LogP contribution is -2.15. The molecule has 0 aliphatic rings. The van der Waals surface area contributed by atoms with Gasteiger partial charge in [0.25, 0.3) is 0 Å². The number of hydrogen-bond acceptors (Lipinski definition) is 1. The van der Waals surface area contributed by atoms with Gasteiger partial charge in [-0.2, -0.15) is 13.2 Å². The third-order valence-electron chi connectivity index (χ3n) is 2.54. The molecule has 0 saturated carbocycles. The second kappa shape index (κ2) is 7.15. The lowest BCUT2D eigenvalue weighted by atomic mass is 10.1. The van der Waals surface area contributed by atoms with Crippen molar-refractivity contribution in [2.45, 2.75) is 32.0 Å². The molecule has 1 nitrogen and oxygen atoms in total. The van der Waals surface area contributed by atoms with Crippen molar-refractivity contribution in [3.63, 3.8) is 0 Å². The third kappa shape index (κ3) is 5.75. The van der Waals surface area contributed by atoms with E-state index >= 15 is 0 Å². The Morgan fingerprint density at radius 2 is 1.89 bits per heavy atom. The van der Waals surface area contributed by atoms with Crippen LogP contribution in [0.4, 0.5) is 17.6 Å². The zero-order valence-corrected chi connectivity index (χ0v) is 10.4. The van der Waals surface area contributed by atoms with Crippen LogP contribution in [0.1, 0.15) is 30.4 Å². The highest BCUT2D eigenvalue weighted by molar-refractivity contribution is 5.26. The van der Waals surface area contributed by atoms with E-state index in [1.54, 1.807) is 0 Å². The number of unbranched alkanes of at least 4 members (excludes halogenated alkanes) is 2. The standard InChI is InChI=1S/C14H15F4N/c1-2-3-4-5-6-19-10-11-7-12(14(16,17)18)9-13(15)8-11/h1,7-9,19H,3-6,10H2. The van der Waals surface area contributed by atoms with Crippen molar-refractivity contribution in [2.24, 2.45) is 0 Å². The Morgan fingerprint density at radius 3 is 2.53 bits per heavy atom. The van der Waals surface area contributed by atoms with Crippen molar-refractivity contribution in [3.8, 4) is 12.3 Å². The highest BCUT2D eigenvalue weighted by Crippen LogP contribution is 2.30. The van der Waals surface area contributed by atoms with E-state index in [-0.39, 0.29) is 12.1 Å². The summed E-state index contributed by atoms with van der Waals surface area (Å²) in [6.45, 7) is 0.844. The van der Waals surface area contributed by atoms with E-state index in [9.17, 15) is 17.6 Å². The average Bonchev–Trinajstić information content (AvgIpc) is 2.32. The fourth-order valence-electron chi connectivity index (χ4n) is 1.63. The SMILES string of the molecule is C#CCCCCNCc1cc(F)cc(C(F)(F)F)c1. The van der Waals surface area contributed by atoms with Crippen LogP contribution in [-0.4, -0.2) is 6.54 Å². The summed E-state index contributed by atoms with van der Waals surface area (Å²) in [5, 5.41) is 2.96. The fourth-order valence-corrected chi connectivity index (χ4v) is 1.63. The van der Waals surface area contributed by atoms with Crippen LogP contribution in [0.2, 0.25) is 0 Å². The molecule has 1 aromatic rings. The molecule has 0 fully saturated rings. The van der Waals surface area contributed by atoms with Gasteiger partial charge in [-0.25, -0.2) is 4.39 Å². The summed E-state index contributed by atoms with van der Waals surface area (Å²) in [7, 11) is 0. The number of benzene rings is 1. The number of alkyl halides is 3. The number of rotatable bonds is 6. The van der Waals surface area contributed by atoms with Crippen molar-refractivity contribution in [1.29, 1.82) is 0 Å². The fraction of sp³-hybridized carbons (Fsp3) is 0.429.